The molecule has 0 aromatic heterocycles. The second kappa shape index (κ2) is 10.0. The highest BCUT2D eigenvalue weighted by atomic mass is 16.2. The lowest BCUT2D eigenvalue weighted by Crippen LogP contribution is -2.32. The van der Waals surface area contributed by atoms with Gasteiger partial charge in [0.15, 0.2) is 0 Å². The summed E-state index contributed by atoms with van der Waals surface area (Å²) in [6.45, 7) is 7.55. The maximum absolute atomic E-state index is 12.5. The van der Waals surface area contributed by atoms with Crippen molar-refractivity contribution in [3.63, 3.8) is 0 Å². The Balaban J connectivity index is 2.64. The fraction of sp³-hybridized carbons (Fsp3) is 0.556. The monoisotopic (exact) mass is 319 g/mol. The van der Waals surface area contributed by atoms with E-state index in [4.69, 9.17) is 5.73 Å². The molecule has 0 heterocycles. The molecule has 0 aliphatic rings. The van der Waals surface area contributed by atoms with E-state index in [9.17, 15) is 9.59 Å². The Kier molecular flexibility index (Phi) is 8.33. The van der Waals surface area contributed by atoms with Gasteiger partial charge in [-0.1, -0.05) is 13.8 Å². The van der Waals surface area contributed by atoms with Gasteiger partial charge in [0.1, 0.15) is 0 Å². The highest BCUT2D eigenvalue weighted by molar-refractivity contribution is 5.95. The van der Waals surface area contributed by atoms with Crippen LogP contribution in [0.1, 0.15) is 56.8 Å². The summed E-state index contributed by atoms with van der Waals surface area (Å²) in [7, 11) is 0. The summed E-state index contributed by atoms with van der Waals surface area (Å²) in [6.07, 6.45) is 2.95. The van der Waals surface area contributed by atoms with Crippen LogP contribution in [0.5, 0.6) is 0 Å². The third kappa shape index (κ3) is 6.82. The summed E-state index contributed by atoms with van der Waals surface area (Å²) in [5, 5.41) is 2.82. The van der Waals surface area contributed by atoms with Gasteiger partial charge < -0.3 is 16.0 Å². The lowest BCUT2D eigenvalue weighted by Gasteiger charge is -2.21. The van der Waals surface area contributed by atoms with Crippen molar-refractivity contribution >= 4 is 17.5 Å². The number of anilines is 1. The van der Waals surface area contributed by atoms with Gasteiger partial charge in [0.25, 0.3) is 5.91 Å². The predicted molar refractivity (Wildman–Crippen MR) is 94.4 cm³/mol. The third-order valence-corrected chi connectivity index (χ3v) is 3.52. The van der Waals surface area contributed by atoms with E-state index >= 15 is 0 Å². The fourth-order valence-corrected chi connectivity index (χ4v) is 2.32. The SMILES string of the molecule is CCCN(CCC)C(=O)c1ccc(NC(=O)CCC(C)N)cc1. The number of nitrogens with two attached hydrogens (primary N) is 1. The number of rotatable bonds is 9. The maximum Gasteiger partial charge on any atom is 0.253 e. The van der Waals surface area contributed by atoms with Crippen LogP contribution in [0, 0.1) is 0 Å². The van der Waals surface area contributed by atoms with Crippen molar-refractivity contribution < 1.29 is 9.59 Å². The summed E-state index contributed by atoms with van der Waals surface area (Å²) in [5.74, 6) is -0.0106. The van der Waals surface area contributed by atoms with Gasteiger partial charge in [-0.3, -0.25) is 9.59 Å². The average Bonchev–Trinajstić information content (AvgIpc) is 2.53. The molecule has 3 N–H and O–H groups in total. The molecule has 1 aromatic carbocycles. The highest BCUT2D eigenvalue weighted by Gasteiger charge is 2.14. The molecule has 0 aliphatic carbocycles. The first-order chi connectivity index (χ1) is 11.0. The number of nitrogens with zero attached hydrogens (tertiary/aromatic N) is 1. The lowest BCUT2D eigenvalue weighted by molar-refractivity contribution is -0.116. The summed E-state index contributed by atoms with van der Waals surface area (Å²) in [4.78, 5) is 26.1. The average molecular weight is 319 g/mol. The van der Waals surface area contributed by atoms with Gasteiger partial charge in [-0.2, -0.15) is 0 Å². The molecule has 0 saturated carbocycles. The van der Waals surface area contributed by atoms with Gasteiger partial charge in [0.05, 0.1) is 0 Å². The number of hydrogen-bond acceptors (Lipinski definition) is 3. The van der Waals surface area contributed by atoms with Crippen LogP contribution < -0.4 is 11.1 Å². The molecular weight excluding hydrogens is 290 g/mol. The zero-order valence-corrected chi connectivity index (χ0v) is 14.5. The van der Waals surface area contributed by atoms with Crippen molar-refractivity contribution in [2.45, 2.75) is 52.5 Å². The predicted octanol–water partition coefficient (Wildman–Crippen LogP) is 3.01. The number of nitrogens with one attached hydrogen (secondary N) is 1. The largest absolute Gasteiger partial charge is 0.339 e. The molecule has 0 saturated heterocycles. The topological polar surface area (TPSA) is 75.4 Å². The number of benzene rings is 1. The highest BCUT2D eigenvalue weighted by Crippen LogP contribution is 2.13. The van der Waals surface area contributed by atoms with Crippen LogP contribution in [0.4, 0.5) is 5.69 Å². The van der Waals surface area contributed by atoms with E-state index in [-0.39, 0.29) is 17.9 Å². The molecule has 23 heavy (non-hydrogen) atoms. The standard InChI is InChI=1S/C18H29N3O2/c1-4-12-21(13-5-2)18(23)15-7-9-16(10-8-15)20-17(22)11-6-14(3)19/h7-10,14H,4-6,11-13,19H2,1-3H3,(H,20,22). The number of carbonyl (C=O) groups excluding carboxylic acids is 2. The second-order valence-corrected chi connectivity index (χ2v) is 5.93. The Labute approximate surface area is 139 Å². The van der Waals surface area contributed by atoms with Crippen molar-refractivity contribution in [3.05, 3.63) is 29.8 Å². The molecule has 5 heteroatoms. The summed E-state index contributed by atoms with van der Waals surface area (Å²) >= 11 is 0. The Bertz CT molecular complexity index is 491. The van der Waals surface area contributed by atoms with Crippen molar-refractivity contribution in [3.8, 4) is 0 Å². The van der Waals surface area contributed by atoms with E-state index in [1.165, 1.54) is 0 Å². The van der Waals surface area contributed by atoms with E-state index in [1.54, 1.807) is 24.3 Å². The van der Waals surface area contributed by atoms with E-state index in [0.717, 1.165) is 25.9 Å². The Morgan fingerprint density at radius 1 is 1.13 bits per heavy atom. The minimum absolute atomic E-state index is 0.0175. The molecule has 0 bridgehead atoms. The first kappa shape index (κ1) is 19.2. The van der Waals surface area contributed by atoms with Crippen molar-refractivity contribution in [1.82, 2.24) is 4.90 Å². The molecule has 2 amide bonds. The summed E-state index contributed by atoms with van der Waals surface area (Å²) in [5.41, 5.74) is 7.00. The molecule has 5 nitrogen and oxygen atoms in total. The van der Waals surface area contributed by atoms with E-state index < -0.39 is 0 Å². The zero-order valence-electron chi connectivity index (χ0n) is 14.5. The lowest BCUT2D eigenvalue weighted by atomic mass is 10.1. The van der Waals surface area contributed by atoms with Gasteiger partial charge in [-0.05, 0) is 50.5 Å². The van der Waals surface area contributed by atoms with Crippen LogP contribution in [-0.4, -0.2) is 35.8 Å². The Morgan fingerprint density at radius 3 is 2.17 bits per heavy atom. The van der Waals surface area contributed by atoms with Crippen LogP contribution in [0.3, 0.4) is 0 Å². The van der Waals surface area contributed by atoms with Crippen LogP contribution in [0.15, 0.2) is 24.3 Å². The minimum atomic E-state index is -0.0556. The van der Waals surface area contributed by atoms with Gasteiger partial charge in [0.2, 0.25) is 5.91 Å². The molecular formula is C18H29N3O2. The van der Waals surface area contributed by atoms with Gasteiger partial charge in [0, 0.05) is 36.8 Å². The number of amides is 2. The van der Waals surface area contributed by atoms with Gasteiger partial charge in [-0.15, -0.1) is 0 Å². The van der Waals surface area contributed by atoms with Crippen LogP contribution in [0.2, 0.25) is 0 Å². The Hall–Kier alpha value is -1.88. The third-order valence-electron chi connectivity index (χ3n) is 3.52. The van der Waals surface area contributed by atoms with Crippen LogP contribution in [0.25, 0.3) is 0 Å². The van der Waals surface area contributed by atoms with E-state index in [2.05, 4.69) is 19.2 Å². The number of hydrogen-bond donors (Lipinski definition) is 2. The van der Waals surface area contributed by atoms with Gasteiger partial charge in [-0.25, -0.2) is 0 Å². The van der Waals surface area contributed by atoms with Crippen molar-refractivity contribution in [2.24, 2.45) is 5.73 Å². The van der Waals surface area contributed by atoms with Crippen LogP contribution in [-0.2, 0) is 4.79 Å². The summed E-state index contributed by atoms with van der Waals surface area (Å²) < 4.78 is 0. The van der Waals surface area contributed by atoms with Crippen molar-refractivity contribution in [1.29, 1.82) is 0 Å². The van der Waals surface area contributed by atoms with Gasteiger partial charge >= 0.3 is 0 Å². The van der Waals surface area contributed by atoms with Crippen LogP contribution >= 0.6 is 0 Å². The molecule has 1 unspecified atom stereocenters. The molecule has 0 fully saturated rings. The molecule has 1 aromatic rings. The number of carbonyl (C=O) groups is 2. The zero-order chi connectivity index (χ0) is 17.2. The smallest absolute Gasteiger partial charge is 0.253 e. The van der Waals surface area contributed by atoms with Crippen molar-refractivity contribution in [2.75, 3.05) is 18.4 Å². The normalized spacial score (nSPS) is 11.8. The summed E-state index contributed by atoms with van der Waals surface area (Å²) in [6, 6.07) is 7.09. The second-order valence-electron chi connectivity index (χ2n) is 5.93. The molecule has 128 valence electrons. The molecule has 1 atom stereocenters. The molecule has 0 aliphatic heterocycles. The minimum Gasteiger partial charge on any atom is -0.339 e. The maximum atomic E-state index is 12.5. The molecule has 0 spiro atoms. The molecule has 0 radical (unpaired) electrons. The quantitative estimate of drug-likeness (QED) is 0.734. The first-order valence-corrected chi connectivity index (χ1v) is 8.42. The van der Waals surface area contributed by atoms with E-state index in [1.807, 2.05) is 11.8 Å². The fourth-order valence-electron chi connectivity index (χ4n) is 2.32. The Morgan fingerprint density at radius 2 is 1.70 bits per heavy atom. The molecule has 1 rings (SSSR count). The van der Waals surface area contributed by atoms with E-state index in [0.29, 0.717) is 24.1 Å². The first-order valence-electron chi connectivity index (χ1n) is 8.42.